The molecule has 0 aliphatic carbocycles. The van der Waals surface area contributed by atoms with Crippen molar-refractivity contribution in [1.82, 2.24) is 0 Å². The van der Waals surface area contributed by atoms with Crippen molar-refractivity contribution < 1.29 is 14.5 Å². The quantitative estimate of drug-likeness (QED) is 0.316. The second kappa shape index (κ2) is 7.33. The highest BCUT2D eigenvalue weighted by atomic mass is 79.9. The molecule has 1 aliphatic rings. The van der Waals surface area contributed by atoms with Gasteiger partial charge in [-0.25, -0.2) is 0 Å². The molecule has 1 N–H and O–H groups in total. The van der Waals surface area contributed by atoms with Crippen LogP contribution >= 0.6 is 31.9 Å². The highest BCUT2D eigenvalue weighted by molar-refractivity contribution is 9.11. The number of hydrogen-bond donors (Lipinski definition) is 1. The molecule has 0 radical (unpaired) electrons. The number of fused-ring (bicyclic) bond motifs is 1. The van der Waals surface area contributed by atoms with Gasteiger partial charge in [0.2, 0.25) is 5.75 Å². The Morgan fingerprint density at radius 1 is 1.18 bits per heavy atom. The Balaban J connectivity index is 2.25. The van der Waals surface area contributed by atoms with E-state index in [1.54, 1.807) is 6.08 Å². The van der Waals surface area contributed by atoms with Gasteiger partial charge in [-0.15, -0.1) is 0 Å². The van der Waals surface area contributed by atoms with Crippen molar-refractivity contribution >= 4 is 60.8 Å². The number of nitrogens with one attached hydrogen (secondary N) is 1. The summed E-state index contributed by atoms with van der Waals surface area (Å²) in [6, 6.07) is 6.95. The van der Waals surface area contributed by atoms with Gasteiger partial charge in [0.25, 0.3) is 5.91 Å². The van der Waals surface area contributed by atoms with Crippen molar-refractivity contribution in [2.24, 2.45) is 0 Å². The van der Waals surface area contributed by atoms with Gasteiger partial charge >= 0.3 is 5.69 Å². The zero-order chi connectivity index (χ0) is 20.8. The average Bonchev–Trinajstić information content (AvgIpc) is 2.89. The number of nitro benzene ring substituents is 1. The van der Waals surface area contributed by atoms with E-state index in [2.05, 4.69) is 37.2 Å². The molecule has 1 aliphatic heterocycles. The lowest BCUT2D eigenvalue weighted by Crippen LogP contribution is -2.14. The van der Waals surface area contributed by atoms with E-state index in [0.717, 1.165) is 14.5 Å². The van der Waals surface area contributed by atoms with Crippen LogP contribution in [0.2, 0.25) is 0 Å². The van der Waals surface area contributed by atoms with E-state index in [1.165, 1.54) is 13.2 Å². The maximum absolute atomic E-state index is 12.5. The van der Waals surface area contributed by atoms with Crippen molar-refractivity contribution in [3.63, 3.8) is 0 Å². The van der Waals surface area contributed by atoms with Crippen molar-refractivity contribution in [1.29, 1.82) is 0 Å². The topological polar surface area (TPSA) is 81.5 Å². The van der Waals surface area contributed by atoms with Gasteiger partial charge in [0.1, 0.15) is 0 Å². The third-order valence-corrected chi connectivity index (χ3v) is 5.52. The van der Waals surface area contributed by atoms with E-state index in [4.69, 9.17) is 4.74 Å². The van der Waals surface area contributed by atoms with Crippen LogP contribution in [0.3, 0.4) is 0 Å². The minimum atomic E-state index is -0.466. The zero-order valence-electron chi connectivity index (χ0n) is 15.7. The molecule has 0 unspecified atom stereocenters. The fraction of sp³-hybridized carbons (Fsp3) is 0.250. The van der Waals surface area contributed by atoms with Gasteiger partial charge in [0, 0.05) is 31.7 Å². The highest BCUT2D eigenvalue weighted by Crippen LogP contribution is 2.43. The number of rotatable bonds is 3. The number of amides is 1. The van der Waals surface area contributed by atoms with Gasteiger partial charge in [-0.3, -0.25) is 14.9 Å². The first-order valence-corrected chi connectivity index (χ1v) is 10.0. The van der Waals surface area contributed by atoms with E-state index in [9.17, 15) is 14.9 Å². The van der Waals surface area contributed by atoms with Gasteiger partial charge in [-0.2, -0.15) is 0 Å². The highest BCUT2D eigenvalue weighted by Gasteiger charge is 2.30. The molecule has 0 bridgehead atoms. The first kappa shape index (κ1) is 20.5. The van der Waals surface area contributed by atoms with Crippen molar-refractivity contribution in [2.75, 3.05) is 12.4 Å². The summed E-state index contributed by atoms with van der Waals surface area (Å²) >= 11 is 6.88. The first-order valence-electron chi connectivity index (χ1n) is 8.42. The summed E-state index contributed by atoms with van der Waals surface area (Å²) in [4.78, 5) is 23.7. The lowest BCUT2D eigenvalue weighted by atomic mass is 9.84. The Kier molecular flexibility index (Phi) is 5.38. The number of halogens is 2. The van der Waals surface area contributed by atoms with E-state index in [-0.39, 0.29) is 22.8 Å². The zero-order valence-corrected chi connectivity index (χ0v) is 18.9. The molecule has 0 spiro atoms. The molecule has 2 aromatic carbocycles. The second-order valence-electron chi connectivity index (χ2n) is 7.45. The van der Waals surface area contributed by atoms with Crippen molar-refractivity contribution in [2.45, 2.75) is 26.2 Å². The van der Waals surface area contributed by atoms with Gasteiger partial charge < -0.3 is 10.1 Å². The van der Waals surface area contributed by atoms with Gasteiger partial charge in [-0.05, 0) is 51.2 Å². The summed E-state index contributed by atoms with van der Waals surface area (Å²) in [5, 5.41) is 14.4. The Morgan fingerprint density at radius 3 is 2.43 bits per heavy atom. The number of nitrogens with zero attached hydrogens (tertiary/aromatic N) is 1. The van der Waals surface area contributed by atoms with Gasteiger partial charge in [-0.1, -0.05) is 36.7 Å². The minimum absolute atomic E-state index is 0.129. The number of methoxy groups -OCH3 is 1. The maximum Gasteiger partial charge on any atom is 0.311 e. The SMILES string of the molecule is COc1c([N+](=O)[O-])cc(C=C2C(=O)Nc3c(Br)cc(Br)cc32)cc1C(C)(C)C. The average molecular weight is 510 g/mol. The predicted octanol–water partition coefficient (Wildman–Crippen LogP) is 5.92. The Bertz CT molecular complexity index is 1040. The Hall–Kier alpha value is -2.19. The van der Waals surface area contributed by atoms with E-state index >= 15 is 0 Å². The minimum Gasteiger partial charge on any atom is -0.490 e. The summed E-state index contributed by atoms with van der Waals surface area (Å²) in [6.07, 6.45) is 1.67. The third kappa shape index (κ3) is 3.71. The molecule has 1 heterocycles. The fourth-order valence-corrected chi connectivity index (χ4v) is 4.48. The molecular formula is C20H18Br2N2O4. The number of benzene rings is 2. The smallest absolute Gasteiger partial charge is 0.311 e. The number of hydrogen-bond acceptors (Lipinski definition) is 4. The number of carbonyl (C=O) groups is 1. The van der Waals surface area contributed by atoms with E-state index in [0.29, 0.717) is 22.4 Å². The Labute approximate surface area is 179 Å². The standard InChI is InChI=1S/C20H18Br2N2O4/c1-20(2,3)14-6-10(7-16(24(26)27)18(14)28-4)5-13-12-8-11(21)9-15(22)17(12)23-19(13)25/h5-9H,1-4H3,(H,23,25). The molecule has 146 valence electrons. The number of ether oxygens (including phenoxy) is 1. The summed E-state index contributed by atoms with van der Waals surface area (Å²) in [6.45, 7) is 5.87. The number of nitro groups is 1. The molecule has 8 heteroatoms. The Morgan fingerprint density at radius 2 is 1.86 bits per heavy atom. The fourth-order valence-electron chi connectivity index (χ4n) is 3.15. The van der Waals surface area contributed by atoms with Crippen LogP contribution in [-0.4, -0.2) is 17.9 Å². The normalized spacial score (nSPS) is 14.8. The van der Waals surface area contributed by atoms with Crippen LogP contribution < -0.4 is 10.1 Å². The molecule has 2 aromatic rings. The van der Waals surface area contributed by atoms with Gasteiger partial charge in [0.05, 0.1) is 17.7 Å². The van der Waals surface area contributed by atoms with Crippen molar-refractivity contribution in [3.8, 4) is 5.75 Å². The van der Waals surface area contributed by atoms with Crippen LogP contribution in [0.25, 0.3) is 11.6 Å². The van der Waals surface area contributed by atoms with Crippen LogP contribution in [0.4, 0.5) is 11.4 Å². The number of carbonyl (C=O) groups excluding carboxylic acids is 1. The maximum atomic E-state index is 12.5. The summed E-state index contributed by atoms with van der Waals surface area (Å²) in [5.41, 5.74) is 2.59. The van der Waals surface area contributed by atoms with E-state index in [1.807, 2.05) is 39.0 Å². The molecule has 0 saturated heterocycles. The molecule has 0 atom stereocenters. The lowest BCUT2D eigenvalue weighted by molar-refractivity contribution is -0.385. The molecule has 0 fully saturated rings. The van der Waals surface area contributed by atoms with Crippen LogP contribution in [0.15, 0.2) is 33.2 Å². The second-order valence-corrected chi connectivity index (χ2v) is 9.22. The monoisotopic (exact) mass is 508 g/mol. The largest absolute Gasteiger partial charge is 0.490 e. The van der Waals surface area contributed by atoms with E-state index < -0.39 is 4.92 Å². The van der Waals surface area contributed by atoms with Crippen LogP contribution in [-0.2, 0) is 10.2 Å². The van der Waals surface area contributed by atoms with Crippen LogP contribution in [0, 0.1) is 10.1 Å². The molecule has 1 amide bonds. The third-order valence-electron chi connectivity index (χ3n) is 4.44. The molecule has 3 rings (SSSR count). The molecular weight excluding hydrogens is 492 g/mol. The molecule has 6 nitrogen and oxygen atoms in total. The summed E-state index contributed by atoms with van der Waals surface area (Å²) in [5.74, 6) is -0.0222. The molecule has 0 saturated carbocycles. The summed E-state index contributed by atoms with van der Waals surface area (Å²) < 4.78 is 6.91. The lowest BCUT2D eigenvalue weighted by Gasteiger charge is -2.22. The predicted molar refractivity (Wildman–Crippen MR) is 117 cm³/mol. The van der Waals surface area contributed by atoms with Crippen LogP contribution in [0.1, 0.15) is 37.5 Å². The summed E-state index contributed by atoms with van der Waals surface area (Å²) in [7, 11) is 1.42. The van der Waals surface area contributed by atoms with Crippen LogP contribution in [0.5, 0.6) is 5.75 Å². The first-order chi connectivity index (χ1) is 13.0. The molecule has 0 aromatic heterocycles. The van der Waals surface area contributed by atoms with Gasteiger partial charge in [0.15, 0.2) is 0 Å². The van der Waals surface area contributed by atoms with Crippen molar-refractivity contribution in [3.05, 3.63) is 60.0 Å². The molecule has 28 heavy (non-hydrogen) atoms. The number of anilines is 1.